The summed E-state index contributed by atoms with van der Waals surface area (Å²) in [6.07, 6.45) is 9.75. The molecule has 1 aliphatic rings. The highest BCUT2D eigenvalue weighted by Gasteiger charge is 2.12. The molecule has 0 fully saturated rings. The molecule has 4 heteroatoms. The second kappa shape index (κ2) is 5.10. The molecule has 1 aliphatic heterocycles. The number of rotatable bonds is 3. The second-order valence-corrected chi connectivity index (χ2v) is 4.43. The smallest absolute Gasteiger partial charge is 0.132 e. The summed E-state index contributed by atoms with van der Waals surface area (Å²) >= 11 is 0. The Labute approximate surface area is 112 Å². The number of pyridine rings is 2. The number of likely N-dealkylation sites (N-methyl/N-ethyl adjacent to an activating group) is 1. The number of anilines is 3. The van der Waals surface area contributed by atoms with Crippen molar-refractivity contribution < 1.29 is 0 Å². The SMILES string of the molecule is CCN1CC=Cc2cnc(Nc3ccncc3)cc21. The van der Waals surface area contributed by atoms with Crippen molar-refractivity contribution in [2.24, 2.45) is 0 Å². The molecule has 0 saturated heterocycles. The van der Waals surface area contributed by atoms with Crippen LogP contribution in [-0.2, 0) is 0 Å². The van der Waals surface area contributed by atoms with E-state index in [1.54, 1.807) is 12.4 Å². The minimum Gasteiger partial charge on any atom is -0.367 e. The molecule has 0 atom stereocenters. The zero-order valence-corrected chi connectivity index (χ0v) is 10.9. The molecule has 2 aromatic heterocycles. The average Bonchev–Trinajstić information content (AvgIpc) is 2.47. The molecule has 0 aliphatic carbocycles. The van der Waals surface area contributed by atoms with Crippen LogP contribution in [0, 0.1) is 0 Å². The molecule has 2 aromatic rings. The third-order valence-electron chi connectivity index (χ3n) is 3.21. The summed E-state index contributed by atoms with van der Waals surface area (Å²) in [5.74, 6) is 0.860. The monoisotopic (exact) mass is 252 g/mol. The summed E-state index contributed by atoms with van der Waals surface area (Å²) in [6.45, 7) is 4.12. The fourth-order valence-electron chi connectivity index (χ4n) is 2.21. The first-order valence-electron chi connectivity index (χ1n) is 6.45. The van der Waals surface area contributed by atoms with E-state index in [1.807, 2.05) is 18.3 Å². The van der Waals surface area contributed by atoms with Gasteiger partial charge in [-0.1, -0.05) is 12.2 Å². The van der Waals surface area contributed by atoms with Crippen molar-refractivity contribution in [3.8, 4) is 0 Å². The number of aromatic nitrogens is 2. The lowest BCUT2D eigenvalue weighted by Gasteiger charge is -2.27. The van der Waals surface area contributed by atoms with Crippen LogP contribution in [0.3, 0.4) is 0 Å². The zero-order valence-electron chi connectivity index (χ0n) is 10.9. The molecule has 19 heavy (non-hydrogen) atoms. The molecule has 96 valence electrons. The topological polar surface area (TPSA) is 41.1 Å². The number of fused-ring (bicyclic) bond motifs is 1. The molecule has 0 radical (unpaired) electrons. The van der Waals surface area contributed by atoms with Crippen molar-refractivity contribution in [1.29, 1.82) is 0 Å². The Kier molecular flexibility index (Phi) is 3.14. The van der Waals surface area contributed by atoms with Gasteiger partial charge in [-0.05, 0) is 19.1 Å². The molecule has 0 spiro atoms. The van der Waals surface area contributed by atoms with Crippen LogP contribution in [0.4, 0.5) is 17.2 Å². The predicted molar refractivity (Wildman–Crippen MR) is 78.7 cm³/mol. The fourth-order valence-corrected chi connectivity index (χ4v) is 2.21. The van der Waals surface area contributed by atoms with E-state index >= 15 is 0 Å². The third kappa shape index (κ3) is 2.42. The van der Waals surface area contributed by atoms with Crippen LogP contribution in [0.1, 0.15) is 12.5 Å². The van der Waals surface area contributed by atoms with E-state index in [0.717, 1.165) is 24.6 Å². The molecule has 0 amide bonds. The minimum absolute atomic E-state index is 0.860. The lowest BCUT2D eigenvalue weighted by Crippen LogP contribution is -2.25. The maximum Gasteiger partial charge on any atom is 0.132 e. The van der Waals surface area contributed by atoms with Crippen LogP contribution < -0.4 is 10.2 Å². The van der Waals surface area contributed by atoms with Gasteiger partial charge < -0.3 is 10.2 Å². The van der Waals surface area contributed by atoms with E-state index in [9.17, 15) is 0 Å². The molecule has 0 aromatic carbocycles. The van der Waals surface area contributed by atoms with Gasteiger partial charge in [0.25, 0.3) is 0 Å². The summed E-state index contributed by atoms with van der Waals surface area (Å²) in [5.41, 5.74) is 3.40. The number of hydrogen-bond acceptors (Lipinski definition) is 4. The number of hydrogen-bond donors (Lipinski definition) is 1. The predicted octanol–water partition coefficient (Wildman–Crippen LogP) is 3.07. The summed E-state index contributed by atoms with van der Waals surface area (Å²) in [7, 11) is 0. The standard InChI is InChI=1S/C15H16N4/c1-2-19-9-3-4-12-11-17-15(10-14(12)19)18-13-5-7-16-8-6-13/h3-8,10-11H,2,9H2,1H3,(H,16,17,18). The highest BCUT2D eigenvalue weighted by Crippen LogP contribution is 2.28. The molecular weight excluding hydrogens is 236 g/mol. The molecule has 0 bridgehead atoms. The highest BCUT2D eigenvalue weighted by atomic mass is 15.1. The molecular formula is C15H16N4. The van der Waals surface area contributed by atoms with E-state index in [-0.39, 0.29) is 0 Å². The van der Waals surface area contributed by atoms with E-state index in [2.05, 4.69) is 45.3 Å². The summed E-state index contributed by atoms with van der Waals surface area (Å²) in [6, 6.07) is 5.96. The van der Waals surface area contributed by atoms with Gasteiger partial charge in [-0.2, -0.15) is 0 Å². The first kappa shape index (κ1) is 11.7. The zero-order chi connectivity index (χ0) is 13.1. The van der Waals surface area contributed by atoms with Gasteiger partial charge in [-0.15, -0.1) is 0 Å². The van der Waals surface area contributed by atoms with Crippen LogP contribution in [0.2, 0.25) is 0 Å². The second-order valence-electron chi connectivity index (χ2n) is 4.43. The normalized spacial score (nSPS) is 13.2. The molecule has 4 nitrogen and oxygen atoms in total. The minimum atomic E-state index is 0.860. The van der Waals surface area contributed by atoms with Gasteiger partial charge in [0, 0.05) is 54.7 Å². The first-order valence-corrected chi connectivity index (χ1v) is 6.45. The summed E-state index contributed by atoms with van der Waals surface area (Å²) < 4.78 is 0. The van der Waals surface area contributed by atoms with Gasteiger partial charge in [0.15, 0.2) is 0 Å². The third-order valence-corrected chi connectivity index (χ3v) is 3.21. The Morgan fingerprint density at radius 3 is 2.95 bits per heavy atom. The van der Waals surface area contributed by atoms with Gasteiger partial charge >= 0.3 is 0 Å². The summed E-state index contributed by atoms with van der Waals surface area (Å²) in [4.78, 5) is 10.8. The maximum atomic E-state index is 4.45. The Bertz CT molecular complexity index is 592. The van der Waals surface area contributed by atoms with Crippen molar-refractivity contribution in [3.05, 3.63) is 48.4 Å². The van der Waals surface area contributed by atoms with Crippen LogP contribution in [0.5, 0.6) is 0 Å². The Morgan fingerprint density at radius 1 is 1.32 bits per heavy atom. The fraction of sp³-hybridized carbons (Fsp3) is 0.200. The Morgan fingerprint density at radius 2 is 2.16 bits per heavy atom. The van der Waals surface area contributed by atoms with Crippen LogP contribution in [0.25, 0.3) is 6.08 Å². The average molecular weight is 252 g/mol. The highest BCUT2D eigenvalue weighted by molar-refractivity contribution is 5.74. The van der Waals surface area contributed by atoms with Crippen molar-refractivity contribution in [1.82, 2.24) is 9.97 Å². The molecule has 3 heterocycles. The first-order chi connectivity index (χ1) is 9.36. The van der Waals surface area contributed by atoms with Gasteiger partial charge in [0.05, 0.1) is 0 Å². The van der Waals surface area contributed by atoms with Crippen molar-refractivity contribution in [3.63, 3.8) is 0 Å². The lowest BCUT2D eigenvalue weighted by molar-refractivity contribution is 0.896. The van der Waals surface area contributed by atoms with E-state index in [0.29, 0.717) is 0 Å². The largest absolute Gasteiger partial charge is 0.367 e. The molecule has 3 rings (SSSR count). The van der Waals surface area contributed by atoms with Crippen LogP contribution in [-0.4, -0.2) is 23.1 Å². The van der Waals surface area contributed by atoms with Gasteiger partial charge in [0.1, 0.15) is 5.82 Å². The lowest BCUT2D eigenvalue weighted by atomic mass is 10.1. The van der Waals surface area contributed by atoms with Crippen molar-refractivity contribution >= 4 is 23.3 Å². The van der Waals surface area contributed by atoms with Crippen molar-refractivity contribution in [2.45, 2.75) is 6.92 Å². The van der Waals surface area contributed by atoms with E-state index < -0.39 is 0 Å². The maximum absolute atomic E-state index is 4.45. The summed E-state index contributed by atoms with van der Waals surface area (Å²) in [5, 5.41) is 3.30. The van der Waals surface area contributed by atoms with Gasteiger partial charge in [-0.3, -0.25) is 4.98 Å². The molecule has 0 unspecified atom stereocenters. The van der Waals surface area contributed by atoms with Gasteiger partial charge in [-0.25, -0.2) is 4.98 Å². The number of nitrogens with one attached hydrogen (secondary N) is 1. The van der Waals surface area contributed by atoms with Crippen LogP contribution >= 0.6 is 0 Å². The van der Waals surface area contributed by atoms with Crippen LogP contribution in [0.15, 0.2) is 42.9 Å². The van der Waals surface area contributed by atoms with Gasteiger partial charge in [0.2, 0.25) is 0 Å². The number of nitrogens with zero attached hydrogens (tertiary/aromatic N) is 3. The Hall–Kier alpha value is -2.36. The van der Waals surface area contributed by atoms with E-state index in [4.69, 9.17) is 0 Å². The Balaban J connectivity index is 1.90. The quantitative estimate of drug-likeness (QED) is 0.911. The molecule has 0 saturated carbocycles. The van der Waals surface area contributed by atoms with E-state index in [1.165, 1.54) is 11.3 Å². The van der Waals surface area contributed by atoms with Crippen molar-refractivity contribution in [2.75, 3.05) is 23.3 Å². The molecule has 1 N–H and O–H groups in total.